The molecule has 0 unspecified atom stereocenters. The van der Waals surface area contributed by atoms with Crippen LogP contribution in [0.25, 0.3) is 0 Å². The Morgan fingerprint density at radius 2 is 1.78 bits per heavy atom. The SMILES string of the molecule is CS(=O)(=O)c1ccc([C@H]2C[C@]23C(=O)N(Cc2cccc(C(=O)O)c2)c2ccccc23)cc1. The maximum atomic E-state index is 13.7. The van der Waals surface area contributed by atoms with Gasteiger partial charge in [0.15, 0.2) is 9.84 Å². The zero-order valence-corrected chi connectivity index (χ0v) is 18.2. The molecule has 1 fully saturated rings. The highest BCUT2D eigenvalue weighted by molar-refractivity contribution is 7.90. The Morgan fingerprint density at radius 3 is 2.47 bits per heavy atom. The van der Waals surface area contributed by atoms with Gasteiger partial charge in [-0.25, -0.2) is 13.2 Å². The number of carboxylic acid groups (broad SMARTS) is 1. The Bertz CT molecular complexity index is 1360. The van der Waals surface area contributed by atoms with E-state index in [1.165, 1.54) is 12.3 Å². The molecule has 1 aliphatic heterocycles. The van der Waals surface area contributed by atoms with Gasteiger partial charge in [0, 0.05) is 17.9 Å². The monoisotopic (exact) mass is 447 g/mol. The van der Waals surface area contributed by atoms with Gasteiger partial charge in [0.1, 0.15) is 0 Å². The first kappa shape index (κ1) is 20.5. The molecular weight excluding hydrogens is 426 g/mol. The summed E-state index contributed by atoms with van der Waals surface area (Å²) in [4.78, 5) is 27.0. The summed E-state index contributed by atoms with van der Waals surface area (Å²) in [6.07, 6.45) is 1.83. The second kappa shape index (κ2) is 7.03. The van der Waals surface area contributed by atoms with Crippen LogP contribution >= 0.6 is 0 Å². The van der Waals surface area contributed by atoms with E-state index in [0.29, 0.717) is 13.0 Å². The maximum Gasteiger partial charge on any atom is 0.335 e. The van der Waals surface area contributed by atoms with Gasteiger partial charge in [-0.2, -0.15) is 0 Å². The summed E-state index contributed by atoms with van der Waals surface area (Å²) in [5.74, 6) is -1.03. The lowest BCUT2D eigenvalue weighted by Gasteiger charge is -2.19. The van der Waals surface area contributed by atoms with Gasteiger partial charge < -0.3 is 10.0 Å². The molecule has 32 heavy (non-hydrogen) atoms. The van der Waals surface area contributed by atoms with E-state index in [-0.39, 0.29) is 22.3 Å². The molecule has 5 rings (SSSR count). The molecule has 1 saturated carbocycles. The van der Waals surface area contributed by atoms with E-state index in [1.807, 2.05) is 30.3 Å². The largest absolute Gasteiger partial charge is 0.478 e. The molecule has 2 aliphatic rings. The molecule has 6 nitrogen and oxygen atoms in total. The van der Waals surface area contributed by atoms with E-state index in [1.54, 1.807) is 41.3 Å². The van der Waals surface area contributed by atoms with E-state index in [0.717, 1.165) is 22.4 Å². The summed E-state index contributed by atoms with van der Waals surface area (Å²) >= 11 is 0. The Balaban J connectivity index is 1.49. The standard InChI is InChI=1S/C25H21NO5S/c1-32(30,31)19-11-9-17(10-12-19)21-14-25(21)20-7-2-3-8-22(20)26(24(25)29)15-16-5-4-6-18(13-16)23(27)28/h2-13,21H,14-15H2,1H3,(H,27,28)/t21-,25-/m1/s1. The molecule has 1 spiro atoms. The Labute approximate surface area is 186 Å². The van der Waals surface area contributed by atoms with Crippen LogP contribution in [0, 0.1) is 0 Å². The lowest BCUT2D eigenvalue weighted by Crippen LogP contribution is -2.32. The number of hydrogen-bond acceptors (Lipinski definition) is 4. The fourth-order valence-electron chi connectivity index (χ4n) is 4.84. The minimum Gasteiger partial charge on any atom is -0.478 e. The summed E-state index contributed by atoms with van der Waals surface area (Å²) in [5.41, 5.74) is 3.03. The van der Waals surface area contributed by atoms with Gasteiger partial charge >= 0.3 is 5.97 Å². The Kier molecular flexibility index (Phi) is 4.49. The molecule has 3 aromatic carbocycles. The van der Waals surface area contributed by atoms with Crippen LogP contribution in [-0.4, -0.2) is 31.7 Å². The van der Waals surface area contributed by atoms with Crippen LogP contribution < -0.4 is 4.90 Å². The fourth-order valence-corrected chi connectivity index (χ4v) is 5.47. The zero-order valence-electron chi connectivity index (χ0n) is 17.4. The van der Waals surface area contributed by atoms with Crippen molar-refractivity contribution in [3.8, 4) is 0 Å². The average Bonchev–Trinajstić information content (AvgIpc) is 3.49. The average molecular weight is 448 g/mol. The second-order valence-corrected chi connectivity index (χ2v) is 10.5. The van der Waals surface area contributed by atoms with Crippen LogP contribution in [0.3, 0.4) is 0 Å². The quantitative estimate of drug-likeness (QED) is 0.643. The minimum atomic E-state index is -3.28. The van der Waals surface area contributed by atoms with Crippen LogP contribution in [0.4, 0.5) is 5.69 Å². The van der Waals surface area contributed by atoms with Gasteiger partial charge in [-0.05, 0) is 53.4 Å². The molecular formula is C25H21NO5S. The topological polar surface area (TPSA) is 91.8 Å². The summed E-state index contributed by atoms with van der Waals surface area (Å²) in [7, 11) is -3.28. The molecule has 0 saturated heterocycles. The van der Waals surface area contributed by atoms with E-state index >= 15 is 0 Å². The van der Waals surface area contributed by atoms with Gasteiger partial charge in [0.2, 0.25) is 5.91 Å². The smallest absolute Gasteiger partial charge is 0.335 e. The van der Waals surface area contributed by atoms with Crippen molar-refractivity contribution in [2.75, 3.05) is 11.2 Å². The molecule has 2 atom stereocenters. The molecule has 7 heteroatoms. The van der Waals surface area contributed by atoms with Crippen molar-refractivity contribution in [3.63, 3.8) is 0 Å². The first-order valence-corrected chi connectivity index (χ1v) is 12.1. The summed E-state index contributed by atoms with van der Waals surface area (Å²) < 4.78 is 23.6. The lowest BCUT2D eigenvalue weighted by molar-refractivity contribution is -0.120. The summed E-state index contributed by atoms with van der Waals surface area (Å²) in [5, 5.41) is 9.29. The zero-order chi connectivity index (χ0) is 22.7. The van der Waals surface area contributed by atoms with Gasteiger partial charge in [-0.3, -0.25) is 4.79 Å². The first-order chi connectivity index (χ1) is 15.2. The highest BCUT2D eigenvalue weighted by Gasteiger charge is 2.67. The molecule has 1 amide bonds. The third kappa shape index (κ3) is 3.12. The van der Waals surface area contributed by atoms with Gasteiger partial charge in [-0.15, -0.1) is 0 Å². The van der Waals surface area contributed by atoms with Crippen molar-refractivity contribution in [3.05, 3.63) is 95.1 Å². The molecule has 3 aromatic rings. The van der Waals surface area contributed by atoms with Crippen molar-refractivity contribution in [1.82, 2.24) is 0 Å². The number of carbonyl (C=O) groups is 2. The van der Waals surface area contributed by atoms with Crippen LogP contribution in [0.1, 0.15) is 39.4 Å². The second-order valence-electron chi connectivity index (χ2n) is 8.48. The highest BCUT2D eigenvalue weighted by Crippen LogP contribution is 2.66. The molecule has 0 aromatic heterocycles. The minimum absolute atomic E-state index is 0.00313. The number of carbonyl (C=O) groups excluding carboxylic acids is 1. The maximum absolute atomic E-state index is 13.7. The third-order valence-corrected chi connectivity index (χ3v) is 7.62. The van der Waals surface area contributed by atoms with Crippen molar-refractivity contribution in [2.45, 2.75) is 29.2 Å². The van der Waals surface area contributed by atoms with E-state index in [9.17, 15) is 23.1 Å². The fraction of sp³-hybridized carbons (Fsp3) is 0.200. The van der Waals surface area contributed by atoms with Crippen LogP contribution in [0.15, 0.2) is 77.7 Å². The Hall–Kier alpha value is -3.45. The molecule has 0 bridgehead atoms. The number of amides is 1. The van der Waals surface area contributed by atoms with Crippen LogP contribution in [0.5, 0.6) is 0 Å². The summed E-state index contributed by atoms with van der Waals surface area (Å²) in [6, 6.07) is 21.1. The van der Waals surface area contributed by atoms with Crippen molar-refractivity contribution < 1.29 is 23.1 Å². The van der Waals surface area contributed by atoms with Crippen molar-refractivity contribution in [1.29, 1.82) is 0 Å². The number of sulfone groups is 1. The van der Waals surface area contributed by atoms with Crippen LogP contribution in [-0.2, 0) is 26.6 Å². The number of para-hydroxylation sites is 1. The number of hydrogen-bond donors (Lipinski definition) is 1. The molecule has 1 heterocycles. The number of benzene rings is 3. The van der Waals surface area contributed by atoms with Gasteiger partial charge in [-0.1, -0.05) is 42.5 Å². The van der Waals surface area contributed by atoms with Gasteiger partial charge in [0.05, 0.1) is 22.4 Å². The Morgan fingerprint density at radius 1 is 1.06 bits per heavy atom. The van der Waals surface area contributed by atoms with Crippen molar-refractivity contribution >= 4 is 27.4 Å². The van der Waals surface area contributed by atoms with E-state index in [2.05, 4.69) is 0 Å². The number of aromatic carboxylic acids is 1. The first-order valence-electron chi connectivity index (χ1n) is 10.3. The predicted octanol–water partition coefficient (Wildman–Crippen LogP) is 3.76. The van der Waals surface area contributed by atoms with E-state index in [4.69, 9.17) is 0 Å². The van der Waals surface area contributed by atoms with Crippen LogP contribution in [0.2, 0.25) is 0 Å². The molecule has 162 valence electrons. The lowest BCUT2D eigenvalue weighted by atomic mass is 9.92. The number of nitrogens with zero attached hydrogens (tertiary/aromatic N) is 1. The van der Waals surface area contributed by atoms with Crippen molar-refractivity contribution in [2.24, 2.45) is 0 Å². The van der Waals surface area contributed by atoms with E-state index < -0.39 is 21.2 Å². The number of anilines is 1. The molecule has 0 radical (unpaired) electrons. The highest BCUT2D eigenvalue weighted by atomic mass is 32.2. The number of fused-ring (bicyclic) bond motifs is 2. The molecule has 1 N–H and O–H groups in total. The number of rotatable bonds is 5. The third-order valence-electron chi connectivity index (χ3n) is 6.49. The normalized spacial score (nSPS) is 21.6. The number of carboxylic acids is 1. The van der Waals surface area contributed by atoms with Gasteiger partial charge in [0.25, 0.3) is 0 Å². The predicted molar refractivity (Wildman–Crippen MR) is 120 cm³/mol. The molecule has 1 aliphatic carbocycles. The summed E-state index contributed by atoms with van der Waals surface area (Å²) in [6.45, 7) is 0.290.